The van der Waals surface area contributed by atoms with Gasteiger partial charge in [0.2, 0.25) is 5.91 Å². The van der Waals surface area contributed by atoms with Crippen LogP contribution in [0.15, 0.2) is 0 Å². The summed E-state index contributed by atoms with van der Waals surface area (Å²) in [5, 5.41) is 54.5. The van der Waals surface area contributed by atoms with Crippen LogP contribution in [-0.4, -0.2) is 87.5 Å². The summed E-state index contributed by atoms with van der Waals surface area (Å²) in [6.45, 7) is 3.87. The van der Waals surface area contributed by atoms with E-state index in [1.165, 1.54) is 238 Å². The van der Waals surface area contributed by atoms with Gasteiger partial charge < -0.3 is 40.3 Å². The second-order valence-electron chi connectivity index (χ2n) is 20.8. The van der Waals surface area contributed by atoms with E-state index in [1.54, 1.807) is 0 Å². The minimum Gasteiger partial charge on any atom is -0.394 e. The SMILES string of the molecule is CCCCCCCCCCCCCCCCCCCCCCCCCCCCCCCCCC(=O)NC(COC1OC(CO)C(O)C(O)C1O)C(O)CCCCCCCCCCCCCC. The third-order valence-electron chi connectivity index (χ3n) is 14.5. The van der Waals surface area contributed by atoms with Crippen LogP contribution in [0.4, 0.5) is 0 Å². The van der Waals surface area contributed by atoms with E-state index in [0.717, 1.165) is 38.5 Å². The molecule has 7 atom stereocenters. The number of nitrogens with one attached hydrogen (secondary N) is 1. The van der Waals surface area contributed by atoms with Gasteiger partial charge in [0.15, 0.2) is 6.29 Å². The highest BCUT2D eigenvalue weighted by Crippen LogP contribution is 2.23. The molecule has 0 saturated carbocycles. The first-order valence-electron chi connectivity index (χ1n) is 29.2. The third-order valence-corrected chi connectivity index (χ3v) is 14.5. The quantitative estimate of drug-likeness (QED) is 0.0330. The van der Waals surface area contributed by atoms with Crippen LogP contribution in [-0.2, 0) is 14.3 Å². The van der Waals surface area contributed by atoms with Crippen molar-refractivity contribution in [1.29, 1.82) is 0 Å². The summed E-state index contributed by atoms with van der Waals surface area (Å²) in [5.41, 5.74) is 0. The Labute approximate surface area is 408 Å². The molecule has 0 aromatic rings. The van der Waals surface area contributed by atoms with Gasteiger partial charge >= 0.3 is 0 Å². The van der Waals surface area contributed by atoms with E-state index in [2.05, 4.69) is 19.2 Å². The van der Waals surface area contributed by atoms with E-state index in [0.29, 0.717) is 12.8 Å². The topological polar surface area (TPSA) is 149 Å². The molecule has 1 aliphatic rings. The normalized spacial score (nSPS) is 19.7. The number of carbonyl (C=O) groups is 1. The second-order valence-corrected chi connectivity index (χ2v) is 20.8. The first-order valence-corrected chi connectivity index (χ1v) is 29.2. The molecule has 0 radical (unpaired) electrons. The van der Waals surface area contributed by atoms with Crippen LogP contribution < -0.4 is 5.32 Å². The summed E-state index contributed by atoms with van der Waals surface area (Å²) in [7, 11) is 0. The molecule has 9 nitrogen and oxygen atoms in total. The van der Waals surface area contributed by atoms with Gasteiger partial charge in [-0.05, 0) is 12.8 Å². The summed E-state index contributed by atoms with van der Waals surface area (Å²) in [6, 6.07) is -0.712. The lowest BCUT2D eigenvalue weighted by molar-refractivity contribution is -0.302. The lowest BCUT2D eigenvalue weighted by Gasteiger charge is -2.40. The number of carbonyl (C=O) groups excluding carboxylic acids is 1. The van der Waals surface area contributed by atoms with Gasteiger partial charge in [-0.2, -0.15) is 0 Å². The predicted octanol–water partition coefficient (Wildman–Crippen LogP) is 14.2. The van der Waals surface area contributed by atoms with Crippen molar-refractivity contribution in [3.8, 4) is 0 Å². The van der Waals surface area contributed by atoms with E-state index >= 15 is 0 Å². The Balaban J connectivity index is 2.08. The number of aliphatic hydroxyl groups excluding tert-OH is 5. The van der Waals surface area contributed by atoms with Crippen molar-refractivity contribution < 1.29 is 39.8 Å². The van der Waals surface area contributed by atoms with Crippen molar-refractivity contribution in [2.75, 3.05) is 13.2 Å². The van der Waals surface area contributed by atoms with Crippen LogP contribution >= 0.6 is 0 Å². The zero-order valence-electron chi connectivity index (χ0n) is 43.7. The maximum absolute atomic E-state index is 13.0. The van der Waals surface area contributed by atoms with Crippen molar-refractivity contribution in [2.24, 2.45) is 0 Å². The van der Waals surface area contributed by atoms with Gasteiger partial charge in [-0.15, -0.1) is 0 Å². The Bertz CT molecular complexity index is 1000. The Morgan fingerprint density at radius 2 is 0.758 bits per heavy atom. The van der Waals surface area contributed by atoms with Gasteiger partial charge in [0.25, 0.3) is 0 Å². The molecule has 1 rings (SSSR count). The van der Waals surface area contributed by atoms with Crippen molar-refractivity contribution >= 4 is 5.91 Å². The Kier molecular flexibility index (Phi) is 45.8. The highest BCUT2D eigenvalue weighted by Gasteiger charge is 2.44. The number of hydrogen-bond acceptors (Lipinski definition) is 8. The van der Waals surface area contributed by atoms with Gasteiger partial charge in [0.05, 0.1) is 25.4 Å². The maximum Gasteiger partial charge on any atom is 0.220 e. The predicted molar refractivity (Wildman–Crippen MR) is 277 cm³/mol. The van der Waals surface area contributed by atoms with Crippen LogP contribution in [0.1, 0.15) is 303 Å². The van der Waals surface area contributed by atoms with Crippen LogP contribution in [0.25, 0.3) is 0 Å². The molecule has 0 aromatic carbocycles. The van der Waals surface area contributed by atoms with Crippen LogP contribution in [0.5, 0.6) is 0 Å². The molecule has 9 heteroatoms. The summed E-state index contributed by atoms with van der Waals surface area (Å²) in [6.07, 6.45) is 50.1. The number of rotatable bonds is 51. The average Bonchev–Trinajstić information content (AvgIpc) is 3.32. The smallest absolute Gasteiger partial charge is 0.220 e. The van der Waals surface area contributed by atoms with E-state index in [9.17, 15) is 30.3 Å². The van der Waals surface area contributed by atoms with Crippen molar-refractivity contribution in [2.45, 2.75) is 346 Å². The molecule has 1 aliphatic heterocycles. The highest BCUT2D eigenvalue weighted by molar-refractivity contribution is 5.76. The molecule has 0 bridgehead atoms. The van der Waals surface area contributed by atoms with Gasteiger partial charge in [-0.3, -0.25) is 4.79 Å². The molecular formula is C57H113NO8. The van der Waals surface area contributed by atoms with E-state index in [4.69, 9.17) is 9.47 Å². The Morgan fingerprint density at radius 1 is 0.455 bits per heavy atom. The first-order chi connectivity index (χ1) is 32.3. The van der Waals surface area contributed by atoms with Crippen LogP contribution in [0.3, 0.4) is 0 Å². The summed E-state index contributed by atoms with van der Waals surface area (Å²) < 4.78 is 11.3. The number of ether oxygens (including phenoxy) is 2. The van der Waals surface area contributed by atoms with Crippen molar-refractivity contribution in [3.05, 3.63) is 0 Å². The van der Waals surface area contributed by atoms with E-state index in [1.807, 2.05) is 0 Å². The monoisotopic (exact) mass is 940 g/mol. The fourth-order valence-electron chi connectivity index (χ4n) is 9.81. The highest BCUT2D eigenvalue weighted by atomic mass is 16.7. The van der Waals surface area contributed by atoms with E-state index < -0.39 is 49.5 Å². The van der Waals surface area contributed by atoms with Gasteiger partial charge in [-0.1, -0.05) is 284 Å². The minimum atomic E-state index is -1.55. The molecule has 1 amide bonds. The summed E-state index contributed by atoms with van der Waals surface area (Å²) in [5.74, 6) is -0.137. The average molecular weight is 941 g/mol. The zero-order valence-corrected chi connectivity index (χ0v) is 43.7. The van der Waals surface area contributed by atoms with Crippen LogP contribution in [0, 0.1) is 0 Å². The standard InChI is InChI=1S/C57H113NO8/c1-3-5-7-9-11-13-15-17-18-19-20-21-22-23-24-25-26-27-28-29-30-31-32-33-34-35-37-39-41-43-45-47-53(61)58-50(49-65-57-56(64)55(63)54(62)52(48-59)66-57)51(60)46-44-42-40-38-36-16-14-12-10-8-6-4-2/h50-52,54-57,59-60,62-64H,3-49H2,1-2H3,(H,58,61). The maximum atomic E-state index is 13.0. The molecule has 7 unspecified atom stereocenters. The molecule has 6 N–H and O–H groups in total. The minimum absolute atomic E-state index is 0.131. The van der Waals surface area contributed by atoms with Crippen LogP contribution in [0.2, 0.25) is 0 Å². The number of amides is 1. The largest absolute Gasteiger partial charge is 0.394 e. The third kappa shape index (κ3) is 37.1. The van der Waals surface area contributed by atoms with Gasteiger partial charge in [0.1, 0.15) is 24.4 Å². The lowest BCUT2D eigenvalue weighted by Crippen LogP contribution is -2.60. The Morgan fingerprint density at radius 3 is 1.08 bits per heavy atom. The molecule has 66 heavy (non-hydrogen) atoms. The summed E-state index contributed by atoms with van der Waals surface area (Å²) >= 11 is 0. The Hall–Kier alpha value is -0.810. The molecule has 1 heterocycles. The van der Waals surface area contributed by atoms with Gasteiger partial charge in [-0.25, -0.2) is 0 Å². The summed E-state index contributed by atoms with van der Waals surface area (Å²) in [4.78, 5) is 13.0. The molecular weight excluding hydrogens is 827 g/mol. The fraction of sp³-hybridized carbons (Fsp3) is 0.982. The lowest BCUT2D eigenvalue weighted by atomic mass is 9.99. The number of unbranched alkanes of at least 4 members (excludes halogenated alkanes) is 41. The molecule has 0 aromatic heterocycles. The molecule has 1 fully saturated rings. The van der Waals surface area contributed by atoms with Crippen molar-refractivity contribution in [3.63, 3.8) is 0 Å². The molecule has 1 saturated heterocycles. The molecule has 394 valence electrons. The van der Waals surface area contributed by atoms with Crippen molar-refractivity contribution in [1.82, 2.24) is 5.32 Å². The zero-order chi connectivity index (χ0) is 48.0. The number of aliphatic hydroxyl groups is 5. The second kappa shape index (κ2) is 47.8. The van der Waals surface area contributed by atoms with E-state index in [-0.39, 0.29) is 12.5 Å². The van der Waals surface area contributed by atoms with Gasteiger partial charge in [0, 0.05) is 6.42 Å². The molecule has 0 aliphatic carbocycles. The fourth-order valence-corrected chi connectivity index (χ4v) is 9.81. The molecule has 0 spiro atoms. The first kappa shape index (κ1) is 63.2. The number of hydrogen-bond donors (Lipinski definition) is 6.